The number of nitrogens with zero attached hydrogens (tertiary/aromatic N) is 1. The monoisotopic (exact) mass is 456 g/mol. The summed E-state index contributed by atoms with van der Waals surface area (Å²) in [6, 6.07) is 16.6. The molecule has 1 unspecified atom stereocenters. The van der Waals surface area contributed by atoms with E-state index in [1.54, 1.807) is 13.2 Å². The minimum absolute atomic E-state index is 0.105. The Balaban J connectivity index is 1.54. The van der Waals surface area contributed by atoms with Crippen LogP contribution >= 0.6 is 24.0 Å². The van der Waals surface area contributed by atoms with Gasteiger partial charge in [-0.1, -0.05) is 66.4 Å². The molecule has 0 radical (unpaired) electrons. The Morgan fingerprint density at radius 3 is 2.58 bits per heavy atom. The van der Waals surface area contributed by atoms with Gasteiger partial charge in [0.25, 0.3) is 5.91 Å². The number of hydrogen-bond acceptors (Lipinski definition) is 6. The van der Waals surface area contributed by atoms with E-state index in [0.717, 1.165) is 16.9 Å². The molecular formula is C23H24N2O4S2. The molecule has 1 aliphatic rings. The van der Waals surface area contributed by atoms with E-state index < -0.39 is 0 Å². The standard InChI is InChI=1S/C23H24N2O4S2/c1-29-19-9-7-17(8-10-19)14-20-22(28)25(23(30)31-20)12-11-21(27)24-18(15-26)13-16-5-3-2-4-6-16/h2-10,14,18,26H,11-13,15H2,1H3,(H,24,27)/b20-14+. The molecule has 1 saturated heterocycles. The molecule has 162 valence electrons. The van der Waals surface area contributed by atoms with Gasteiger partial charge in [0.15, 0.2) is 0 Å². The van der Waals surface area contributed by atoms with Gasteiger partial charge in [-0.25, -0.2) is 0 Å². The summed E-state index contributed by atoms with van der Waals surface area (Å²) in [5.74, 6) is 0.300. The summed E-state index contributed by atoms with van der Waals surface area (Å²) in [7, 11) is 1.60. The van der Waals surface area contributed by atoms with Crippen molar-refractivity contribution in [3.63, 3.8) is 0 Å². The van der Waals surface area contributed by atoms with Gasteiger partial charge in [-0.2, -0.15) is 0 Å². The quantitative estimate of drug-likeness (QED) is 0.446. The number of aliphatic hydroxyl groups is 1. The summed E-state index contributed by atoms with van der Waals surface area (Å²) in [4.78, 5) is 27.1. The molecule has 1 atom stereocenters. The van der Waals surface area contributed by atoms with Crippen molar-refractivity contribution in [2.75, 3.05) is 20.3 Å². The Kier molecular flexibility index (Phi) is 8.22. The molecule has 2 aromatic rings. The van der Waals surface area contributed by atoms with E-state index in [-0.39, 0.29) is 37.4 Å². The molecule has 1 heterocycles. The Morgan fingerprint density at radius 2 is 1.94 bits per heavy atom. The number of amides is 2. The fourth-order valence-corrected chi connectivity index (χ4v) is 4.43. The smallest absolute Gasteiger partial charge is 0.266 e. The number of hydrogen-bond donors (Lipinski definition) is 2. The van der Waals surface area contributed by atoms with Crippen molar-refractivity contribution >= 4 is 46.2 Å². The molecule has 8 heteroatoms. The van der Waals surface area contributed by atoms with Crippen LogP contribution in [-0.4, -0.2) is 52.4 Å². The van der Waals surface area contributed by atoms with E-state index in [1.807, 2.05) is 54.6 Å². The molecule has 0 saturated carbocycles. The highest BCUT2D eigenvalue weighted by molar-refractivity contribution is 8.26. The molecule has 2 aromatic carbocycles. The molecule has 2 amide bonds. The summed E-state index contributed by atoms with van der Waals surface area (Å²) in [6.45, 7) is 0.0340. The van der Waals surface area contributed by atoms with E-state index >= 15 is 0 Å². The number of benzene rings is 2. The lowest BCUT2D eigenvalue weighted by atomic mass is 10.1. The van der Waals surface area contributed by atoms with E-state index in [4.69, 9.17) is 17.0 Å². The van der Waals surface area contributed by atoms with Crippen molar-refractivity contribution in [3.8, 4) is 5.75 Å². The van der Waals surface area contributed by atoms with Crippen LogP contribution in [0.15, 0.2) is 59.5 Å². The van der Waals surface area contributed by atoms with E-state index in [1.165, 1.54) is 16.7 Å². The molecule has 0 aromatic heterocycles. The number of rotatable bonds is 9. The number of aliphatic hydroxyl groups excluding tert-OH is 1. The number of carbonyl (C=O) groups excluding carboxylic acids is 2. The highest BCUT2D eigenvalue weighted by Gasteiger charge is 2.32. The third kappa shape index (κ3) is 6.40. The van der Waals surface area contributed by atoms with Gasteiger partial charge in [0, 0.05) is 13.0 Å². The average Bonchev–Trinajstić information content (AvgIpc) is 3.05. The molecule has 2 N–H and O–H groups in total. The Hall–Kier alpha value is -2.68. The van der Waals surface area contributed by atoms with Crippen molar-refractivity contribution < 1.29 is 19.4 Å². The molecule has 1 fully saturated rings. The third-order valence-corrected chi connectivity index (χ3v) is 6.14. The third-order valence-electron chi connectivity index (χ3n) is 4.76. The van der Waals surface area contributed by atoms with Gasteiger partial charge >= 0.3 is 0 Å². The summed E-state index contributed by atoms with van der Waals surface area (Å²) >= 11 is 6.56. The van der Waals surface area contributed by atoms with Crippen molar-refractivity contribution in [3.05, 3.63) is 70.6 Å². The fourth-order valence-electron chi connectivity index (χ4n) is 3.12. The van der Waals surface area contributed by atoms with Gasteiger partial charge in [-0.15, -0.1) is 0 Å². The minimum atomic E-state index is -0.379. The largest absolute Gasteiger partial charge is 0.497 e. The van der Waals surface area contributed by atoms with Gasteiger partial charge in [0.05, 0.1) is 24.7 Å². The van der Waals surface area contributed by atoms with Crippen LogP contribution in [0.25, 0.3) is 6.08 Å². The predicted molar refractivity (Wildman–Crippen MR) is 127 cm³/mol. The highest BCUT2D eigenvalue weighted by atomic mass is 32.2. The van der Waals surface area contributed by atoms with Crippen molar-refractivity contribution in [2.45, 2.75) is 18.9 Å². The van der Waals surface area contributed by atoms with Crippen LogP contribution in [-0.2, 0) is 16.0 Å². The Morgan fingerprint density at radius 1 is 1.23 bits per heavy atom. The van der Waals surface area contributed by atoms with Crippen LogP contribution < -0.4 is 10.1 Å². The molecule has 0 spiro atoms. The lowest BCUT2D eigenvalue weighted by molar-refractivity contribution is -0.124. The van der Waals surface area contributed by atoms with Gasteiger partial charge in [-0.3, -0.25) is 14.5 Å². The normalized spacial score (nSPS) is 15.9. The maximum atomic E-state index is 12.7. The first-order valence-electron chi connectivity index (χ1n) is 9.83. The van der Waals surface area contributed by atoms with Crippen LogP contribution in [0.3, 0.4) is 0 Å². The molecule has 1 aliphatic heterocycles. The number of methoxy groups -OCH3 is 1. The second kappa shape index (κ2) is 11.1. The molecular weight excluding hydrogens is 432 g/mol. The Labute approximate surface area is 191 Å². The zero-order valence-electron chi connectivity index (χ0n) is 17.1. The van der Waals surface area contributed by atoms with Crippen molar-refractivity contribution in [1.82, 2.24) is 10.2 Å². The van der Waals surface area contributed by atoms with Crippen LogP contribution in [0.1, 0.15) is 17.5 Å². The second-order valence-corrected chi connectivity index (χ2v) is 8.67. The van der Waals surface area contributed by atoms with E-state index in [2.05, 4.69) is 5.32 Å². The summed E-state index contributed by atoms with van der Waals surface area (Å²) in [5.41, 5.74) is 1.90. The van der Waals surface area contributed by atoms with Gasteiger partial charge < -0.3 is 15.2 Å². The molecule has 0 aliphatic carbocycles. The average molecular weight is 457 g/mol. The maximum Gasteiger partial charge on any atom is 0.266 e. The first-order valence-corrected chi connectivity index (χ1v) is 11.1. The van der Waals surface area contributed by atoms with Crippen molar-refractivity contribution in [1.29, 1.82) is 0 Å². The van der Waals surface area contributed by atoms with Crippen molar-refractivity contribution in [2.24, 2.45) is 0 Å². The summed E-state index contributed by atoms with van der Waals surface area (Å²) < 4.78 is 5.57. The zero-order valence-corrected chi connectivity index (χ0v) is 18.7. The first kappa shape index (κ1) is 23.0. The highest BCUT2D eigenvalue weighted by Crippen LogP contribution is 2.32. The molecule has 0 bridgehead atoms. The van der Waals surface area contributed by atoms with Gasteiger partial charge in [0.1, 0.15) is 10.1 Å². The molecule has 3 rings (SSSR count). The topological polar surface area (TPSA) is 78.9 Å². The maximum absolute atomic E-state index is 12.7. The number of thioether (sulfide) groups is 1. The predicted octanol–water partition coefficient (Wildman–Crippen LogP) is 3.01. The molecule has 6 nitrogen and oxygen atoms in total. The second-order valence-electron chi connectivity index (χ2n) is 6.99. The van der Waals surface area contributed by atoms with E-state index in [0.29, 0.717) is 15.6 Å². The van der Waals surface area contributed by atoms with Crippen LogP contribution in [0.4, 0.5) is 0 Å². The SMILES string of the molecule is COc1ccc(/C=C2/SC(=S)N(CCC(=O)NC(CO)Cc3ccccc3)C2=O)cc1. The lowest BCUT2D eigenvalue weighted by Gasteiger charge is -2.18. The van der Waals surface area contributed by atoms with E-state index in [9.17, 15) is 14.7 Å². The number of ether oxygens (including phenoxy) is 1. The summed E-state index contributed by atoms with van der Waals surface area (Å²) in [6.07, 6.45) is 2.42. The Bertz CT molecular complexity index is 961. The van der Waals surface area contributed by atoms with Crippen LogP contribution in [0.2, 0.25) is 0 Å². The van der Waals surface area contributed by atoms with Crippen LogP contribution in [0.5, 0.6) is 5.75 Å². The summed E-state index contributed by atoms with van der Waals surface area (Å²) in [5, 5.41) is 12.4. The minimum Gasteiger partial charge on any atom is -0.497 e. The van der Waals surface area contributed by atoms with Gasteiger partial charge in [-0.05, 0) is 35.8 Å². The molecule has 31 heavy (non-hydrogen) atoms. The zero-order chi connectivity index (χ0) is 22.2. The number of thiocarbonyl (C=S) groups is 1. The van der Waals surface area contributed by atoms with Crippen LogP contribution in [0, 0.1) is 0 Å². The number of carbonyl (C=O) groups is 2. The first-order chi connectivity index (χ1) is 15.0. The lowest BCUT2D eigenvalue weighted by Crippen LogP contribution is -2.41. The fraction of sp³-hybridized carbons (Fsp3) is 0.261. The van der Waals surface area contributed by atoms with Gasteiger partial charge in [0.2, 0.25) is 5.91 Å². The number of nitrogens with one attached hydrogen (secondary N) is 1.